The van der Waals surface area contributed by atoms with E-state index in [2.05, 4.69) is 10.6 Å². The van der Waals surface area contributed by atoms with Crippen molar-refractivity contribution in [2.45, 2.75) is 44.1 Å². The summed E-state index contributed by atoms with van der Waals surface area (Å²) in [5.74, 6) is 0.936. The van der Waals surface area contributed by atoms with E-state index >= 15 is 0 Å². The van der Waals surface area contributed by atoms with Gasteiger partial charge in [-0.25, -0.2) is 0 Å². The number of alkyl halides is 3. The first-order valence-electron chi connectivity index (χ1n) is 9.37. The second-order valence-electron chi connectivity index (χ2n) is 7.11. The van der Waals surface area contributed by atoms with Gasteiger partial charge >= 0.3 is 6.18 Å². The summed E-state index contributed by atoms with van der Waals surface area (Å²) in [6, 6.07) is 5.81. The first-order chi connectivity index (χ1) is 13.0. The van der Waals surface area contributed by atoms with Gasteiger partial charge in [0, 0.05) is 25.2 Å². The number of nitrogens with one attached hydrogen (secondary N) is 2. The maximum Gasteiger partial charge on any atom is 0.422 e. The molecule has 0 amide bonds. The summed E-state index contributed by atoms with van der Waals surface area (Å²) in [5, 5.41) is 7.15. The normalized spacial score (nSPS) is 25.2. The van der Waals surface area contributed by atoms with Gasteiger partial charge in [0.2, 0.25) is 0 Å². The van der Waals surface area contributed by atoms with Crippen molar-refractivity contribution in [3.05, 3.63) is 23.8 Å². The molecule has 0 bridgehead atoms. The van der Waals surface area contributed by atoms with Crippen molar-refractivity contribution in [1.29, 1.82) is 0 Å². The Hall–Kier alpha value is -1.22. The third-order valence-corrected chi connectivity index (χ3v) is 5.22. The van der Waals surface area contributed by atoms with E-state index in [0.29, 0.717) is 30.3 Å². The molecule has 1 aliphatic carbocycles. The van der Waals surface area contributed by atoms with Gasteiger partial charge in [0.25, 0.3) is 0 Å². The van der Waals surface area contributed by atoms with Gasteiger partial charge in [0.05, 0.1) is 20.3 Å². The van der Waals surface area contributed by atoms with E-state index in [9.17, 15) is 13.2 Å². The Morgan fingerprint density at radius 1 is 1.25 bits per heavy atom. The van der Waals surface area contributed by atoms with Gasteiger partial charge in [-0.05, 0) is 36.5 Å². The minimum atomic E-state index is -4.38. The first-order valence-corrected chi connectivity index (χ1v) is 9.37. The van der Waals surface area contributed by atoms with Crippen molar-refractivity contribution in [3.8, 4) is 11.5 Å². The van der Waals surface area contributed by atoms with Gasteiger partial charge in [-0.1, -0.05) is 12.5 Å². The van der Waals surface area contributed by atoms with Gasteiger partial charge in [0.15, 0.2) is 18.1 Å². The van der Waals surface area contributed by atoms with Crippen LogP contribution < -0.4 is 20.1 Å². The quantitative estimate of drug-likeness (QED) is 0.703. The number of morpholine rings is 1. The van der Waals surface area contributed by atoms with Crippen molar-refractivity contribution >= 4 is 12.4 Å². The number of rotatable bonds is 7. The fraction of sp³-hybridized carbons (Fsp3) is 0.684. The molecular weight excluding hydrogens is 397 g/mol. The van der Waals surface area contributed by atoms with E-state index < -0.39 is 12.8 Å². The zero-order valence-electron chi connectivity index (χ0n) is 15.9. The van der Waals surface area contributed by atoms with Crippen LogP contribution in [0.1, 0.15) is 24.8 Å². The van der Waals surface area contributed by atoms with Crippen LogP contribution in [0.4, 0.5) is 13.2 Å². The van der Waals surface area contributed by atoms with Crippen LogP contribution in [-0.4, -0.2) is 51.7 Å². The Kier molecular flexibility index (Phi) is 8.67. The molecule has 3 unspecified atom stereocenters. The third-order valence-electron chi connectivity index (χ3n) is 5.22. The van der Waals surface area contributed by atoms with Crippen LogP contribution in [0.3, 0.4) is 0 Å². The summed E-state index contributed by atoms with van der Waals surface area (Å²) in [6.07, 6.45) is -0.896. The average Bonchev–Trinajstić information content (AvgIpc) is 3.13. The summed E-state index contributed by atoms with van der Waals surface area (Å²) in [5.41, 5.74) is 0.949. The molecule has 0 spiro atoms. The minimum Gasteiger partial charge on any atom is -0.493 e. The zero-order valence-corrected chi connectivity index (χ0v) is 16.7. The largest absolute Gasteiger partial charge is 0.493 e. The van der Waals surface area contributed by atoms with E-state index in [4.69, 9.17) is 14.2 Å². The Balaban J connectivity index is 0.00000280. The second-order valence-corrected chi connectivity index (χ2v) is 7.11. The molecule has 1 saturated carbocycles. The Bertz CT molecular complexity index is 613. The van der Waals surface area contributed by atoms with Crippen molar-refractivity contribution in [2.24, 2.45) is 5.92 Å². The van der Waals surface area contributed by atoms with Crippen LogP contribution in [0.25, 0.3) is 0 Å². The van der Waals surface area contributed by atoms with Crippen LogP contribution >= 0.6 is 12.4 Å². The van der Waals surface area contributed by atoms with Gasteiger partial charge in [-0.3, -0.25) is 0 Å². The van der Waals surface area contributed by atoms with Crippen molar-refractivity contribution in [1.82, 2.24) is 10.6 Å². The summed E-state index contributed by atoms with van der Waals surface area (Å²) in [6.45, 7) is 1.71. The maximum absolute atomic E-state index is 12.3. The van der Waals surface area contributed by atoms with Gasteiger partial charge in [-0.2, -0.15) is 13.2 Å². The van der Waals surface area contributed by atoms with Gasteiger partial charge in [-0.15, -0.1) is 12.4 Å². The lowest BCUT2D eigenvalue weighted by molar-refractivity contribution is -0.153. The zero-order chi connectivity index (χ0) is 19.3. The molecule has 1 saturated heterocycles. The van der Waals surface area contributed by atoms with E-state index in [1.165, 1.54) is 26.0 Å². The summed E-state index contributed by atoms with van der Waals surface area (Å²) in [7, 11) is 1.43. The van der Waals surface area contributed by atoms with Gasteiger partial charge < -0.3 is 24.8 Å². The number of ether oxygens (including phenoxy) is 3. The van der Waals surface area contributed by atoms with E-state index in [-0.39, 0.29) is 18.2 Å². The molecular formula is C19H28ClF3N2O3. The third kappa shape index (κ3) is 6.40. The molecule has 5 nitrogen and oxygen atoms in total. The predicted molar refractivity (Wildman–Crippen MR) is 102 cm³/mol. The lowest BCUT2D eigenvalue weighted by Crippen LogP contribution is -2.50. The minimum absolute atomic E-state index is 0. The molecule has 1 aromatic carbocycles. The molecule has 0 radical (unpaired) electrons. The first kappa shape index (κ1) is 23.1. The van der Waals surface area contributed by atoms with Crippen molar-refractivity contribution in [2.75, 3.05) is 33.5 Å². The Morgan fingerprint density at radius 3 is 2.75 bits per heavy atom. The Morgan fingerprint density at radius 2 is 2.07 bits per heavy atom. The molecule has 160 valence electrons. The van der Waals surface area contributed by atoms with E-state index in [1.54, 1.807) is 12.1 Å². The summed E-state index contributed by atoms with van der Waals surface area (Å²) in [4.78, 5) is 0. The predicted octanol–water partition coefficient (Wildman–Crippen LogP) is 3.30. The summed E-state index contributed by atoms with van der Waals surface area (Å²) >= 11 is 0. The smallest absolute Gasteiger partial charge is 0.422 e. The van der Waals surface area contributed by atoms with Crippen LogP contribution in [0.15, 0.2) is 18.2 Å². The molecule has 1 aliphatic heterocycles. The van der Waals surface area contributed by atoms with E-state index in [1.807, 2.05) is 0 Å². The standard InChI is InChI=1S/C19H27F3N2O3.ClH/c1-25-18-9-13(5-6-17(18)27-12-19(20,21)22)10-24-15-4-2-3-14(15)16-11-26-8-7-23-16;/h5-6,9,14-16,23-24H,2-4,7-8,10-12H2,1H3;1H. The molecule has 1 aromatic rings. The van der Waals surface area contributed by atoms with Crippen LogP contribution in [0, 0.1) is 5.92 Å². The SMILES string of the molecule is COc1cc(CNC2CCCC2C2COCCN2)ccc1OCC(F)(F)F.Cl. The topological polar surface area (TPSA) is 51.8 Å². The van der Waals surface area contributed by atoms with Crippen LogP contribution in [0.5, 0.6) is 11.5 Å². The number of benzene rings is 1. The molecule has 3 rings (SSSR count). The Labute approximate surface area is 169 Å². The van der Waals surface area contributed by atoms with Crippen LogP contribution in [0.2, 0.25) is 0 Å². The molecule has 2 fully saturated rings. The number of hydrogen-bond donors (Lipinski definition) is 2. The number of halogens is 4. The highest BCUT2D eigenvalue weighted by Crippen LogP contribution is 2.32. The maximum atomic E-state index is 12.3. The van der Waals surface area contributed by atoms with E-state index in [0.717, 1.165) is 31.7 Å². The highest BCUT2D eigenvalue weighted by Gasteiger charge is 2.34. The van der Waals surface area contributed by atoms with Crippen molar-refractivity contribution in [3.63, 3.8) is 0 Å². The molecule has 28 heavy (non-hydrogen) atoms. The number of hydrogen-bond acceptors (Lipinski definition) is 5. The lowest BCUT2D eigenvalue weighted by atomic mass is 9.94. The fourth-order valence-electron chi connectivity index (χ4n) is 3.93. The van der Waals surface area contributed by atoms with Gasteiger partial charge in [0.1, 0.15) is 0 Å². The average molecular weight is 425 g/mol. The molecule has 1 heterocycles. The molecule has 9 heteroatoms. The second kappa shape index (κ2) is 10.5. The lowest BCUT2D eigenvalue weighted by Gasteiger charge is -2.33. The highest BCUT2D eigenvalue weighted by atomic mass is 35.5. The number of methoxy groups -OCH3 is 1. The molecule has 2 aliphatic rings. The highest BCUT2D eigenvalue weighted by molar-refractivity contribution is 5.85. The molecule has 2 N–H and O–H groups in total. The molecule has 3 atom stereocenters. The summed E-state index contributed by atoms with van der Waals surface area (Å²) < 4.78 is 52.7. The monoisotopic (exact) mass is 424 g/mol. The van der Waals surface area contributed by atoms with Crippen LogP contribution in [-0.2, 0) is 11.3 Å². The fourth-order valence-corrected chi connectivity index (χ4v) is 3.93. The van der Waals surface area contributed by atoms with Crippen molar-refractivity contribution < 1.29 is 27.4 Å². The molecule has 0 aromatic heterocycles.